The Morgan fingerprint density at radius 1 is 1.13 bits per heavy atom. The third-order valence-electron chi connectivity index (χ3n) is 3.63. The minimum Gasteiger partial charge on any atom is -0.469 e. The highest BCUT2D eigenvalue weighted by atomic mass is 19.2. The van der Waals surface area contributed by atoms with Crippen LogP contribution in [0.5, 0.6) is 5.88 Å². The van der Waals surface area contributed by atoms with Gasteiger partial charge in [-0.25, -0.2) is 18.8 Å². The molecule has 0 N–H and O–H groups in total. The van der Waals surface area contributed by atoms with E-state index in [2.05, 4.69) is 15.0 Å². The molecule has 0 unspecified atom stereocenters. The molecule has 2 aromatic rings. The molecule has 1 aliphatic rings. The first kappa shape index (κ1) is 15.5. The van der Waals surface area contributed by atoms with Crippen molar-refractivity contribution in [3.63, 3.8) is 0 Å². The summed E-state index contributed by atoms with van der Waals surface area (Å²) in [5, 5.41) is 1.04. The first-order chi connectivity index (χ1) is 10.9. The topological polar surface area (TPSA) is 46.8 Å². The van der Waals surface area contributed by atoms with Crippen LogP contribution >= 0.6 is 0 Å². The second-order valence-electron chi connectivity index (χ2n) is 6.40. The SMILES string of the molecule is CC(C)(C)c1cnc(OCC2=NCC=N2)c2cc(F)c(F)cc12. The van der Waals surface area contributed by atoms with Crippen molar-refractivity contribution in [1.82, 2.24) is 4.98 Å². The van der Waals surface area contributed by atoms with Crippen molar-refractivity contribution in [2.24, 2.45) is 9.98 Å². The molecule has 3 rings (SSSR count). The Kier molecular flexibility index (Phi) is 3.83. The quantitative estimate of drug-likeness (QED) is 0.867. The minimum atomic E-state index is -0.925. The van der Waals surface area contributed by atoms with Gasteiger partial charge in [-0.15, -0.1) is 0 Å². The van der Waals surface area contributed by atoms with Crippen LogP contribution in [0.4, 0.5) is 8.78 Å². The number of hydrogen-bond donors (Lipinski definition) is 0. The highest BCUT2D eigenvalue weighted by molar-refractivity contribution is 5.96. The van der Waals surface area contributed by atoms with E-state index < -0.39 is 11.6 Å². The van der Waals surface area contributed by atoms with E-state index >= 15 is 0 Å². The lowest BCUT2D eigenvalue weighted by molar-refractivity contribution is 0.364. The number of ether oxygens (including phenoxy) is 1. The summed E-state index contributed by atoms with van der Waals surface area (Å²) >= 11 is 0. The molecule has 0 atom stereocenters. The molecule has 6 heteroatoms. The zero-order chi connectivity index (χ0) is 16.6. The molecule has 0 radical (unpaired) electrons. The zero-order valence-corrected chi connectivity index (χ0v) is 13.2. The van der Waals surface area contributed by atoms with Crippen molar-refractivity contribution in [1.29, 1.82) is 0 Å². The van der Waals surface area contributed by atoms with Crippen LogP contribution in [0.2, 0.25) is 0 Å². The number of amidine groups is 1. The van der Waals surface area contributed by atoms with Crippen molar-refractivity contribution in [2.45, 2.75) is 26.2 Å². The van der Waals surface area contributed by atoms with Gasteiger partial charge in [-0.3, -0.25) is 4.99 Å². The average molecular weight is 317 g/mol. The Morgan fingerprint density at radius 2 is 1.83 bits per heavy atom. The zero-order valence-electron chi connectivity index (χ0n) is 13.2. The molecule has 0 amide bonds. The van der Waals surface area contributed by atoms with E-state index in [1.807, 2.05) is 20.8 Å². The number of nitrogens with zero attached hydrogens (tertiary/aromatic N) is 3. The molecule has 1 aliphatic heterocycles. The molecule has 0 fully saturated rings. The van der Waals surface area contributed by atoms with Crippen LogP contribution in [0.15, 0.2) is 28.3 Å². The molecule has 0 saturated heterocycles. The normalized spacial score (nSPS) is 14.4. The lowest BCUT2D eigenvalue weighted by atomic mass is 9.85. The van der Waals surface area contributed by atoms with Crippen LogP contribution in [-0.4, -0.2) is 30.2 Å². The van der Waals surface area contributed by atoms with Crippen molar-refractivity contribution in [2.75, 3.05) is 13.2 Å². The third-order valence-corrected chi connectivity index (χ3v) is 3.63. The lowest BCUT2D eigenvalue weighted by Gasteiger charge is -2.22. The number of aliphatic imine (C=N–C) groups is 2. The number of aromatic nitrogens is 1. The van der Waals surface area contributed by atoms with Gasteiger partial charge >= 0.3 is 0 Å². The third kappa shape index (κ3) is 3.06. The molecule has 0 bridgehead atoms. The van der Waals surface area contributed by atoms with Crippen molar-refractivity contribution in [3.05, 3.63) is 35.5 Å². The Hall–Kier alpha value is -2.37. The molecule has 23 heavy (non-hydrogen) atoms. The maximum Gasteiger partial charge on any atom is 0.221 e. The highest BCUT2D eigenvalue weighted by Gasteiger charge is 2.21. The first-order valence-electron chi connectivity index (χ1n) is 7.33. The summed E-state index contributed by atoms with van der Waals surface area (Å²) in [5.41, 5.74) is 0.573. The average Bonchev–Trinajstić information content (AvgIpc) is 2.98. The van der Waals surface area contributed by atoms with Crippen LogP contribution in [0, 0.1) is 11.6 Å². The molecule has 1 aromatic heterocycles. The van der Waals surface area contributed by atoms with Gasteiger partial charge in [0, 0.05) is 17.8 Å². The monoisotopic (exact) mass is 317 g/mol. The van der Waals surface area contributed by atoms with Crippen molar-refractivity contribution < 1.29 is 13.5 Å². The van der Waals surface area contributed by atoms with E-state index in [4.69, 9.17) is 4.74 Å². The van der Waals surface area contributed by atoms with Crippen LogP contribution in [0.25, 0.3) is 10.8 Å². The van der Waals surface area contributed by atoms with Gasteiger partial charge in [0.1, 0.15) is 6.61 Å². The van der Waals surface area contributed by atoms with Crippen LogP contribution in [0.3, 0.4) is 0 Å². The van der Waals surface area contributed by atoms with E-state index in [1.165, 1.54) is 6.07 Å². The Morgan fingerprint density at radius 3 is 2.43 bits per heavy atom. The predicted molar refractivity (Wildman–Crippen MR) is 86.6 cm³/mol. The highest BCUT2D eigenvalue weighted by Crippen LogP contribution is 2.34. The molecule has 2 heterocycles. The van der Waals surface area contributed by atoms with Gasteiger partial charge in [0.05, 0.1) is 6.54 Å². The molecule has 0 spiro atoms. The fraction of sp³-hybridized carbons (Fsp3) is 0.353. The van der Waals surface area contributed by atoms with E-state index in [-0.39, 0.29) is 17.9 Å². The van der Waals surface area contributed by atoms with E-state index in [9.17, 15) is 8.78 Å². The summed E-state index contributed by atoms with van der Waals surface area (Å²) in [4.78, 5) is 12.5. The molecule has 0 saturated carbocycles. The number of benzene rings is 1. The standard InChI is InChI=1S/C17H17F2N3O/c1-17(2,3)12-8-22-16(23-9-15-20-4-5-21-15)11-7-14(19)13(18)6-10(11)12/h4,6-8H,5,9H2,1-3H3. The number of fused-ring (bicyclic) bond motifs is 1. The summed E-state index contributed by atoms with van der Waals surface area (Å²) in [6, 6.07) is 2.33. The molecular formula is C17H17F2N3O. The van der Waals surface area contributed by atoms with Gasteiger partial charge in [0.15, 0.2) is 17.5 Å². The summed E-state index contributed by atoms with van der Waals surface area (Å²) in [7, 11) is 0. The van der Waals surface area contributed by atoms with Crippen LogP contribution in [0.1, 0.15) is 26.3 Å². The molecule has 0 aliphatic carbocycles. The predicted octanol–water partition coefficient (Wildman–Crippen LogP) is 3.67. The number of hydrogen-bond acceptors (Lipinski definition) is 4. The maximum absolute atomic E-state index is 13.7. The van der Waals surface area contributed by atoms with Gasteiger partial charge in [0.25, 0.3) is 0 Å². The summed E-state index contributed by atoms with van der Waals surface area (Å²) in [6.45, 7) is 6.66. The largest absolute Gasteiger partial charge is 0.469 e. The van der Waals surface area contributed by atoms with Gasteiger partial charge in [-0.2, -0.15) is 0 Å². The second-order valence-corrected chi connectivity index (χ2v) is 6.40. The lowest BCUT2D eigenvalue weighted by Crippen LogP contribution is -2.14. The maximum atomic E-state index is 13.7. The van der Waals surface area contributed by atoms with E-state index in [1.54, 1.807) is 12.4 Å². The molecular weight excluding hydrogens is 300 g/mol. The van der Waals surface area contributed by atoms with Gasteiger partial charge in [0.2, 0.25) is 5.88 Å². The summed E-state index contributed by atoms with van der Waals surface area (Å²) in [5.74, 6) is -1.00. The summed E-state index contributed by atoms with van der Waals surface area (Å²) < 4.78 is 33.0. The Balaban J connectivity index is 2.08. The smallest absolute Gasteiger partial charge is 0.221 e. The summed E-state index contributed by atoms with van der Waals surface area (Å²) in [6.07, 6.45) is 3.33. The fourth-order valence-corrected chi connectivity index (χ4v) is 2.47. The van der Waals surface area contributed by atoms with Gasteiger partial charge < -0.3 is 4.74 Å². The Labute approximate surface area is 132 Å². The fourth-order valence-electron chi connectivity index (χ4n) is 2.47. The van der Waals surface area contributed by atoms with Crippen LogP contribution < -0.4 is 4.74 Å². The van der Waals surface area contributed by atoms with Crippen molar-refractivity contribution in [3.8, 4) is 5.88 Å². The number of pyridine rings is 1. The molecule has 1 aromatic carbocycles. The molecule has 4 nitrogen and oxygen atoms in total. The van der Waals surface area contributed by atoms with Gasteiger partial charge in [-0.05, 0) is 28.5 Å². The second kappa shape index (κ2) is 5.68. The van der Waals surface area contributed by atoms with E-state index in [0.717, 1.165) is 11.6 Å². The minimum absolute atomic E-state index is 0.145. The van der Waals surface area contributed by atoms with Gasteiger partial charge in [-0.1, -0.05) is 20.8 Å². The van der Waals surface area contributed by atoms with E-state index in [0.29, 0.717) is 23.2 Å². The first-order valence-corrected chi connectivity index (χ1v) is 7.33. The molecule has 120 valence electrons. The van der Waals surface area contributed by atoms with Crippen molar-refractivity contribution >= 4 is 22.8 Å². The number of halogens is 2. The Bertz CT molecular complexity index is 823. The number of rotatable bonds is 3. The van der Waals surface area contributed by atoms with Crippen LogP contribution in [-0.2, 0) is 5.41 Å².